The Morgan fingerprint density at radius 3 is 2.79 bits per heavy atom. The van der Waals surface area contributed by atoms with Crippen molar-refractivity contribution >= 4 is 11.8 Å². The van der Waals surface area contributed by atoms with Crippen LogP contribution in [0.5, 0.6) is 11.5 Å². The average molecular weight is 281 g/mol. The molecule has 3 nitrogen and oxygen atoms in total. The monoisotopic (exact) mass is 281 g/mol. The predicted octanol–water partition coefficient (Wildman–Crippen LogP) is 3.60. The van der Waals surface area contributed by atoms with E-state index in [1.807, 2.05) is 17.8 Å². The van der Waals surface area contributed by atoms with Crippen LogP contribution in [0.4, 0.5) is 0 Å². The normalized spacial score (nSPS) is 16.4. The van der Waals surface area contributed by atoms with Gasteiger partial charge in [0.25, 0.3) is 0 Å². The standard InChI is InChI=1S/C15H23NO2S/c1-4-11(3)19-9-13(16-5-2)12-6-7-14-15(8-12)18-10-17-14/h6-8,11,13,16H,4-5,9-10H2,1-3H3. The molecule has 1 aliphatic rings. The summed E-state index contributed by atoms with van der Waals surface area (Å²) in [5.74, 6) is 2.81. The van der Waals surface area contributed by atoms with Crippen LogP contribution in [0, 0.1) is 0 Å². The van der Waals surface area contributed by atoms with Crippen LogP contribution in [0.15, 0.2) is 18.2 Å². The molecule has 2 unspecified atom stereocenters. The summed E-state index contributed by atoms with van der Waals surface area (Å²) in [7, 11) is 0. The first-order valence-corrected chi connectivity index (χ1v) is 8.04. The van der Waals surface area contributed by atoms with E-state index in [9.17, 15) is 0 Å². The van der Waals surface area contributed by atoms with Crippen LogP contribution in [-0.2, 0) is 0 Å². The zero-order valence-electron chi connectivity index (χ0n) is 11.9. The summed E-state index contributed by atoms with van der Waals surface area (Å²) in [6.45, 7) is 7.98. The van der Waals surface area contributed by atoms with E-state index in [4.69, 9.17) is 9.47 Å². The van der Waals surface area contributed by atoms with Gasteiger partial charge in [0.15, 0.2) is 11.5 Å². The molecule has 0 amide bonds. The van der Waals surface area contributed by atoms with Crippen molar-refractivity contribution < 1.29 is 9.47 Å². The minimum Gasteiger partial charge on any atom is -0.454 e. The predicted molar refractivity (Wildman–Crippen MR) is 81.2 cm³/mol. The summed E-state index contributed by atoms with van der Waals surface area (Å²) in [4.78, 5) is 0. The van der Waals surface area contributed by atoms with Crippen molar-refractivity contribution in [1.82, 2.24) is 5.32 Å². The number of thioether (sulfide) groups is 1. The first-order valence-electron chi connectivity index (χ1n) is 6.99. The van der Waals surface area contributed by atoms with E-state index in [1.54, 1.807) is 0 Å². The van der Waals surface area contributed by atoms with Crippen molar-refractivity contribution in [2.45, 2.75) is 38.5 Å². The largest absolute Gasteiger partial charge is 0.454 e. The van der Waals surface area contributed by atoms with Crippen LogP contribution in [0.25, 0.3) is 0 Å². The number of hydrogen-bond acceptors (Lipinski definition) is 4. The fraction of sp³-hybridized carbons (Fsp3) is 0.600. The van der Waals surface area contributed by atoms with E-state index in [2.05, 4.69) is 38.2 Å². The molecule has 0 aromatic heterocycles. The topological polar surface area (TPSA) is 30.5 Å². The van der Waals surface area contributed by atoms with E-state index in [-0.39, 0.29) is 0 Å². The van der Waals surface area contributed by atoms with E-state index in [0.29, 0.717) is 18.1 Å². The van der Waals surface area contributed by atoms with Gasteiger partial charge in [-0.15, -0.1) is 0 Å². The lowest BCUT2D eigenvalue weighted by molar-refractivity contribution is 0.174. The maximum atomic E-state index is 5.46. The van der Waals surface area contributed by atoms with Gasteiger partial charge < -0.3 is 14.8 Å². The Labute approximate surface area is 120 Å². The van der Waals surface area contributed by atoms with Gasteiger partial charge in [-0.05, 0) is 30.7 Å². The zero-order chi connectivity index (χ0) is 13.7. The minimum absolute atomic E-state index is 0.340. The van der Waals surface area contributed by atoms with Crippen molar-refractivity contribution in [2.75, 3.05) is 19.1 Å². The summed E-state index contributed by atoms with van der Waals surface area (Å²) in [6, 6.07) is 6.62. The number of fused-ring (bicyclic) bond motifs is 1. The van der Waals surface area contributed by atoms with E-state index in [0.717, 1.165) is 23.8 Å². The molecule has 19 heavy (non-hydrogen) atoms. The molecule has 1 heterocycles. The molecular weight excluding hydrogens is 258 g/mol. The van der Waals surface area contributed by atoms with Gasteiger partial charge in [0.05, 0.1) is 0 Å². The van der Waals surface area contributed by atoms with Crippen LogP contribution < -0.4 is 14.8 Å². The van der Waals surface area contributed by atoms with E-state index < -0.39 is 0 Å². The number of hydrogen-bond donors (Lipinski definition) is 1. The summed E-state index contributed by atoms with van der Waals surface area (Å²) in [6.07, 6.45) is 1.21. The van der Waals surface area contributed by atoms with Gasteiger partial charge in [-0.3, -0.25) is 0 Å². The third kappa shape index (κ3) is 3.80. The average Bonchev–Trinajstić information content (AvgIpc) is 2.90. The first kappa shape index (κ1) is 14.5. The zero-order valence-corrected chi connectivity index (χ0v) is 12.8. The summed E-state index contributed by atoms with van der Waals surface area (Å²) in [5, 5.41) is 4.26. The van der Waals surface area contributed by atoms with Crippen molar-refractivity contribution in [1.29, 1.82) is 0 Å². The van der Waals surface area contributed by atoms with Crippen molar-refractivity contribution in [3.05, 3.63) is 23.8 Å². The third-order valence-corrected chi connectivity index (χ3v) is 4.80. The summed E-state index contributed by atoms with van der Waals surface area (Å²) in [5.41, 5.74) is 1.28. The maximum Gasteiger partial charge on any atom is 0.231 e. The van der Waals surface area contributed by atoms with Gasteiger partial charge in [-0.25, -0.2) is 0 Å². The molecule has 4 heteroatoms. The first-order chi connectivity index (χ1) is 9.24. The van der Waals surface area contributed by atoms with Gasteiger partial charge in [-0.1, -0.05) is 26.8 Å². The molecule has 0 saturated heterocycles. The van der Waals surface area contributed by atoms with Crippen molar-refractivity contribution in [3.8, 4) is 11.5 Å². The van der Waals surface area contributed by atoms with Crippen LogP contribution >= 0.6 is 11.8 Å². The van der Waals surface area contributed by atoms with Crippen molar-refractivity contribution in [3.63, 3.8) is 0 Å². The van der Waals surface area contributed by atoms with Crippen molar-refractivity contribution in [2.24, 2.45) is 0 Å². The van der Waals surface area contributed by atoms with E-state index in [1.165, 1.54) is 12.0 Å². The van der Waals surface area contributed by atoms with Gasteiger partial charge in [-0.2, -0.15) is 11.8 Å². The molecule has 1 aromatic carbocycles. The minimum atomic E-state index is 0.340. The smallest absolute Gasteiger partial charge is 0.231 e. The van der Waals surface area contributed by atoms with Crippen LogP contribution in [0.3, 0.4) is 0 Å². The van der Waals surface area contributed by atoms with Gasteiger partial charge >= 0.3 is 0 Å². The second-order valence-corrected chi connectivity index (χ2v) is 6.25. The Bertz CT molecular complexity index is 411. The highest BCUT2D eigenvalue weighted by molar-refractivity contribution is 7.99. The molecule has 0 spiro atoms. The Hall–Kier alpha value is -0.870. The summed E-state index contributed by atoms with van der Waals surface area (Å²) < 4.78 is 10.8. The number of ether oxygens (including phenoxy) is 2. The van der Waals surface area contributed by atoms with Gasteiger partial charge in [0.1, 0.15) is 0 Å². The van der Waals surface area contributed by atoms with E-state index >= 15 is 0 Å². The lowest BCUT2D eigenvalue weighted by atomic mass is 10.1. The van der Waals surface area contributed by atoms with Crippen LogP contribution in [0.2, 0.25) is 0 Å². The second kappa shape index (κ2) is 7.06. The molecule has 2 rings (SSSR count). The van der Waals surface area contributed by atoms with Crippen LogP contribution in [0.1, 0.15) is 38.8 Å². The lowest BCUT2D eigenvalue weighted by Crippen LogP contribution is -2.23. The lowest BCUT2D eigenvalue weighted by Gasteiger charge is -2.20. The number of nitrogens with one attached hydrogen (secondary N) is 1. The SMILES string of the molecule is CCNC(CSC(C)CC)c1ccc2c(c1)OCO2. The molecule has 106 valence electrons. The quantitative estimate of drug-likeness (QED) is 0.827. The Morgan fingerprint density at radius 2 is 2.05 bits per heavy atom. The molecule has 0 fully saturated rings. The fourth-order valence-electron chi connectivity index (χ4n) is 2.03. The molecule has 1 N–H and O–H groups in total. The number of benzene rings is 1. The van der Waals surface area contributed by atoms with Gasteiger partial charge in [0.2, 0.25) is 6.79 Å². The molecular formula is C15H23NO2S. The molecule has 0 saturated carbocycles. The molecule has 0 aliphatic carbocycles. The Balaban J connectivity index is 2.05. The highest BCUT2D eigenvalue weighted by Gasteiger charge is 2.18. The molecule has 0 bridgehead atoms. The second-order valence-electron chi connectivity index (χ2n) is 4.78. The van der Waals surface area contributed by atoms with Gasteiger partial charge in [0, 0.05) is 17.0 Å². The Morgan fingerprint density at radius 1 is 1.26 bits per heavy atom. The maximum absolute atomic E-state index is 5.46. The number of rotatable bonds is 7. The fourth-order valence-corrected chi connectivity index (χ4v) is 3.09. The molecule has 1 aliphatic heterocycles. The Kier molecular flexibility index (Phi) is 5.40. The molecule has 2 atom stereocenters. The highest BCUT2D eigenvalue weighted by atomic mass is 32.2. The molecule has 1 aromatic rings. The third-order valence-electron chi connectivity index (χ3n) is 3.37. The van der Waals surface area contributed by atoms with Crippen LogP contribution in [-0.4, -0.2) is 24.3 Å². The summed E-state index contributed by atoms with van der Waals surface area (Å²) >= 11 is 2.02. The highest BCUT2D eigenvalue weighted by Crippen LogP contribution is 2.35. The molecule has 0 radical (unpaired) electrons.